The van der Waals surface area contributed by atoms with Crippen LogP contribution in [0.1, 0.15) is 68.2 Å². The Morgan fingerprint density at radius 3 is 2.61 bits per heavy atom. The van der Waals surface area contributed by atoms with Crippen LogP contribution in [-0.4, -0.2) is 34.8 Å². The van der Waals surface area contributed by atoms with Gasteiger partial charge in [-0.2, -0.15) is 0 Å². The number of para-hydroxylation sites is 1. The number of carbonyl (C=O) groups excluding carboxylic acids is 3. The van der Waals surface area contributed by atoms with E-state index in [4.69, 9.17) is 0 Å². The van der Waals surface area contributed by atoms with Crippen molar-refractivity contribution in [2.75, 3.05) is 11.4 Å². The van der Waals surface area contributed by atoms with E-state index >= 15 is 0 Å². The number of hydrogen-bond acceptors (Lipinski definition) is 4. The fourth-order valence-corrected chi connectivity index (χ4v) is 5.68. The van der Waals surface area contributed by atoms with Gasteiger partial charge in [0.25, 0.3) is 5.91 Å². The topological polar surface area (TPSA) is 69.7 Å². The van der Waals surface area contributed by atoms with Crippen molar-refractivity contribution in [2.24, 2.45) is 5.41 Å². The van der Waals surface area contributed by atoms with Gasteiger partial charge in [0.2, 0.25) is 11.8 Å². The average molecular weight is 440 g/mol. The highest BCUT2D eigenvalue weighted by atomic mass is 32.1. The first kappa shape index (κ1) is 21.6. The Bertz CT molecular complexity index is 1010. The predicted octanol–water partition coefficient (Wildman–Crippen LogP) is 4.34. The van der Waals surface area contributed by atoms with Crippen molar-refractivity contribution in [3.05, 3.63) is 52.2 Å². The summed E-state index contributed by atoms with van der Waals surface area (Å²) in [5.41, 5.74) is 0.312. The summed E-state index contributed by atoms with van der Waals surface area (Å²) < 4.78 is 0. The summed E-state index contributed by atoms with van der Waals surface area (Å²) in [4.78, 5) is 43.5. The molecular weight excluding hydrogens is 410 g/mol. The first-order valence-corrected chi connectivity index (χ1v) is 11.6. The molecule has 4 rings (SSSR count). The Labute approximate surface area is 187 Å². The van der Waals surface area contributed by atoms with E-state index in [1.54, 1.807) is 33.3 Å². The molecule has 2 aliphatic rings. The summed E-state index contributed by atoms with van der Waals surface area (Å²) >= 11 is 1.63. The molecule has 3 amide bonds. The van der Waals surface area contributed by atoms with E-state index in [0.29, 0.717) is 24.1 Å². The second kappa shape index (κ2) is 7.79. The van der Waals surface area contributed by atoms with Gasteiger partial charge in [-0.05, 0) is 42.3 Å². The van der Waals surface area contributed by atoms with Crippen molar-refractivity contribution in [1.29, 1.82) is 0 Å². The Morgan fingerprint density at radius 1 is 1.19 bits per heavy atom. The van der Waals surface area contributed by atoms with Crippen molar-refractivity contribution >= 4 is 34.7 Å². The molecule has 0 saturated carbocycles. The molecule has 1 aromatic carbocycles. The zero-order chi connectivity index (χ0) is 22.4. The molecule has 7 heteroatoms. The van der Waals surface area contributed by atoms with Crippen molar-refractivity contribution in [3.63, 3.8) is 0 Å². The number of thiophene rings is 1. The molecule has 0 bridgehead atoms. The second-order valence-electron chi connectivity index (χ2n) is 9.55. The molecule has 164 valence electrons. The number of nitrogens with one attached hydrogen (secondary N) is 1. The van der Waals surface area contributed by atoms with Gasteiger partial charge in [0.1, 0.15) is 5.66 Å². The van der Waals surface area contributed by atoms with E-state index < -0.39 is 5.66 Å². The molecule has 2 atom stereocenters. The number of fused-ring (bicyclic) bond motifs is 3. The number of benzene rings is 1. The summed E-state index contributed by atoms with van der Waals surface area (Å²) in [5, 5.41) is 5.18. The van der Waals surface area contributed by atoms with Gasteiger partial charge >= 0.3 is 0 Å². The van der Waals surface area contributed by atoms with Crippen molar-refractivity contribution in [3.8, 4) is 0 Å². The summed E-state index contributed by atoms with van der Waals surface area (Å²) in [5.74, 6) is -0.204. The average Bonchev–Trinajstić information content (AvgIpc) is 3.33. The lowest BCUT2D eigenvalue weighted by molar-refractivity contribution is -0.123. The largest absolute Gasteiger partial charge is 0.348 e. The van der Waals surface area contributed by atoms with Crippen LogP contribution in [0.3, 0.4) is 0 Å². The second-order valence-corrected chi connectivity index (χ2v) is 10.5. The molecule has 1 fully saturated rings. The van der Waals surface area contributed by atoms with Crippen LogP contribution in [0.25, 0.3) is 0 Å². The SMILES string of the molecule is CC(C)(C)C(NC(=O)CCN1C(=O)c2ccccc2N2C(=O)CCC12C)c1cccs1. The molecule has 2 aromatic rings. The lowest BCUT2D eigenvalue weighted by Gasteiger charge is -2.48. The molecule has 6 nitrogen and oxygen atoms in total. The predicted molar refractivity (Wildman–Crippen MR) is 122 cm³/mol. The number of rotatable bonds is 5. The van der Waals surface area contributed by atoms with Gasteiger partial charge in [-0.15, -0.1) is 11.3 Å². The zero-order valence-corrected chi connectivity index (χ0v) is 19.3. The molecular formula is C24H29N3O3S. The monoisotopic (exact) mass is 439 g/mol. The molecule has 0 radical (unpaired) electrons. The molecule has 2 aliphatic heterocycles. The molecule has 3 heterocycles. The highest BCUT2D eigenvalue weighted by Crippen LogP contribution is 2.44. The van der Waals surface area contributed by atoms with Crippen LogP contribution < -0.4 is 10.2 Å². The Kier molecular flexibility index (Phi) is 5.41. The van der Waals surface area contributed by atoms with E-state index in [1.165, 1.54) is 0 Å². The summed E-state index contributed by atoms with van der Waals surface area (Å²) in [6.45, 7) is 8.50. The minimum atomic E-state index is -0.736. The molecule has 1 N–H and O–H groups in total. The van der Waals surface area contributed by atoms with E-state index in [1.807, 2.05) is 36.6 Å². The molecule has 0 spiro atoms. The highest BCUT2D eigenvalue weighted by Gasteiger charge is 2.52. The van der Waals surface area contributed by atoms with Crippen LogP contribution in [-0.2, 0) is 9.59 Å². The third kappa shape index (κ3) is 3.76. The van der Waals surface area contributed by atoms with E-state index in [9.17, 15) is 14.4 Å². The molecule has 1 aromatic heterocycles. The zero-order valence-electron chi connectivity index (χ0n) is 18.5. The Balaban J connectivity index is 1.53. The number of carbonyl (C=O) groups is 3. The van der Waals surface area contributed by atoms with Crippen LogP contribution in [0.2, 0.25) is 0 Å². The van der Waals surface area contributed by atoms with E-state index in [-0.39, 0.29) is 42.1 Å². The number of amides is 3. The van der Waals surface area contributed by atoms with Gasteiger partial charge in [-0.3, -0.25) is 19.3 Å². The first-order chi connectivity index (χ1) is 14.6. The van der Waals surface area contributed by atoms with Crippen molar-refractivity contribution < 1.29 is 14.4 Å². The quantitative estimate of drug-likeness (QED) is 0.753. The summed E-state index contributed by atoms with van der Waals surface area (Å²) in [6, 6.07) is 11.2. The molecule has 1 saturated heterocycles. The highest BCUT2D eigenvalue weighted by molar-refractivity contribution is 7.10. The smallest absolute Gasteiger partial charge is 0.257 e. The minimum absolute atomic E-state index is 0.0161. The van der Waals surface area contributed by atoms with Crippen LogP contribution >= 0.6 is 11.3 Å². The van der Waals surface area contributed by atoms with Crippen molar-refractivity contribution in [2.45, 2.75) is 58.7 Å². The fraction of sp³-hybridized carbons (Fsp3) is 0.458. The van der Waals surface area contributed by atoms with E-state index in [0.717, 1.165) is 4.88 Å². The Morgan fingerprint density at radius 2 is 1.94 bits per heavy atom. The lowest BCUT2D eigenvalue weighted by Crippen LogP contribution is -2.62. The number of nitrogens with zero attached hydrogens (tertiary/aromatic N) is 2. The number of anilines is 1. The fourth-order valence-electron chi connectivity index (χ4n) is 4.66. The van der Waals surface area contributed by atoms with Gasteiger partial charge in [0.05, 0.1) is 17.3 Å². The minimum Gasteiger partial charge on any atom is -0.348 e. The molecule has 31 heavy (non-hydrogen) atoms. The Hall–Kier alpha value is -2.67. The lowest BCUT2D eigenvalue weighted by atomic mass is 9.85. The third-order valence-electron chi connectivity index (χ3n) is 6.31. The van der Waals surface area contributed by atoms with Gasteiger partial charge in [0.15, 0.2) is 0 Å². The van der Waals surface area contributed by atoms with Crippen LogP contribution in [0.5, 0.6) is 0 Å². The van der Waals surface area contributed by atoms with Gasteiger partial charge < -0.3 is 10.2 Å². The summed E-state index contributed by atoms with van der Waals surface area (Å²) in [6.07, 6.45) is 1.14. The first-order valence-electron chi connectivity index (χ1n) is 10.7. The van der Waals surface area contributed by atoms with Gasteiger partial charge in [-0.25, -0.2) is 0 Å². The maximum Gasteiger partial charge on any atom is 0.257 e. The van der Waals surface area contributed by atoms with Crippen LogP contribution in [0, 0.1) is 5.41 Å². The summed E-state index contributed by atoms with van der Waals surface area (Å²) in [7, 11) is 0. The maximum atomic E-state index is 13.3. The standard InChI is InChI=1S/C24H29N3O3S/c1-23(2,3)21(18-10-7-15-31-18)25-19(28)12-14-26-22(30)16-8-5-6-9-17(16)27-20(29)11-13-24(26,27)4/h5-10,15,21H,11-14H2,1-4H3,(H,25,28). The third-order valence-corrected chi connectivity index (χ3v) is 7.24. The molecule has 2 unspecified atom stereocenters. The van der Waals surface area contributed by atoms with Gasteiger partial charge in [0, 0.05) is 24.3 Å². The van der Waals surface area contributed by atoms with Gasteiger partial charge in [-0.1, -0.05) is 39.0 Å². The van der Waals surface area contributed by atoms with Crippen LogP contribution in [0.15, 0.2) is 41.8 Å². The van der Waals surface area contributed by atoms with Crippen LogP contribution in [0.4, 0.5) is 5.69 Å². The normalized spacial score (nSPS) is 21.7. The molecule has 0 aliphatic carbocycles. The van der Waals surface area contributed by atoms with E-state index in [2.05, 4.69) is 26.1 Å². The van der Waals surface area contributed by atoms with Crippen molar-refractivity contribution in [1.82, 2.24) is 10.2 Å². The number of hydrogen-bond donors (Lipinski definition) is 1. The maximum absolute atomic E-state index is 13.3.